The second-order valence-electron chi connectivity index (χ2n) is 4.86. The van der Waals surface area contributed by atoms with Crippen LogP contribution in [0, 0.1) is 0 Å². The molecule has 0 aromatic carbocycles. The number of aromatic nitrogens is 3. The number of nitrogens with two attached hydrogens (primary N) is 1. The summed E-state index contributed by atoms with van der Waals surface area (Å²) in [6, 6.07) is 0.299. The van der Waals surface area contributed by atoms with Crippen LogP contribution in [0.5, 0.6) is 0 Å². The van der Waals surface area contributed by atoms with Gasteiger partial charge in [-0.3, -0.25) is 4.98 Å². The molecule has 0 atom stereocenters. The molecule has 2 rings (SSSR count). The second-order valence-corrected chi connectivity index (χ2v) is 4.86. The Bertz CT molecular complexity index is 387. The van der Waals surface area contributed by atoms with E-state index in [1.165, 1.54) is 25.7 Å². The van der Waals surface area contributed by atoms with E-state index in [9.17, 15) is 4.79 Å². The van der Waals surface area contributed by atoms with E-state index in [1.54, 1.807) is 4.68 Å². The third-order valence-electron chi connectivity index (χ3n) is 3.48. The molecule has 1 aromatic rings. The van der Waals surface area contributed by atoms with Crippen molar-refractivity contribution in [3.8, 4) is 0 Å². The largest absolute Gasteiger partial charge is 0.343 e. The Morgan fingerprint density at radius 1 is 1.29 bits per heavy atom. The van der Waals surface area contributed by atoms with Crippen LogP contribution in [0.2, 0.25) is 0 Å². The van der Waals surface area contributed by atoms with Crippen molar-refractivity contribution >= 4 is 0 Å². The molecule has 0 unspecified atom stereocenters. The zero-order valence-corrected chi connectivity index (χ0v) is 10.3. The van der Waals surface area contributed by atoms with Crippen molar-refractivity contribution in [2.24, 2.45) is 5.73 Å². The van der Waals surface area contributed by atoms with Gasteiger partial charge in [0.1, 0.15) is 5.82 Å². The van der Waals surface area contributed by atoms with Gasteiger partial charge in [-0.05, 0) is 25.8 Å². The number of nitrogens with zero attached hydrogens (tertiary/aromatic N) is 2. The molecule has 0 radical (unpaired) electrons. The normalized spacial score (nSPS) is 18.2. The maximum absolute atomic E-state index is 11.8. The number of aromatic amines is 1. The van der Waals surface area contributed by atoms with Gasteiger partial charge in [-0.1, -0.05) is 25.7 Å². The molecule has 1 aliphatic carbocycles. The standard InChI is InChI=1S/C12H22N4O/c13-9-5-8-11-14-12(17)16(15-11)10-6-3-1-2-4-7-10/h10H,1-9,13H2,(H,14,15,17). The highest BCUT2D eigenvalue weighted by atomic mass is 16.2. The van der Waals surface area contributed by atoms with Crippen molar-refractivity contribution < 1.29 is 0 Å². The molecule has 1 saturated carbocycles. The third kappa shape index (κ3) is 3.19. The molecule has 0 amide bonds. The second kappa shape index (κ2) is 6.00. The lowest BCUT2D eigenvalue weighted by Gasteiger charge is -2.12. The first kappa shape index (κ1) is 12.4. The Morgan fingerprint density at radius 2 is 2.00 bits per heavy atom. The number of nitrogens with one attached hydrogen (secondary N) is 1. The van der Waals surface area contributed by atoms with Crippen LogP contribution in [0.1, 0.15) is 56.8 Å². The van der Waals surface area contributed by atoms with Gasteiger partial charge in [0.2, 0.25) is 0 Å². The molecular weight excluding hydrogens is 216 g/mol. The van der Waals surface area contributed by atoms with Gasteiger partial charge in [-0.25, -0.2) is 9.48 Å². The Kier molecular flexibility index (Phi) is 4.36. The number of H-pyrrole nitrogens is 1. The quantitative estimate of drug-likeness (QED) is 0.777. The first-order chi connectivity index (χ1) is 8.31. The summed E-state index contributed by atoms with van der Waals surface area (Å²) >= 11 is 0. The summed E-state index contributed by atoms with van der Waals surface area (Å²) < 4.78 is 1.66. The molecule has 5 nitrogen and oxygen atoms in total. The van der Waals surface area contributed by atoms with Crippen molar-refractivity contribution in [3.05, 3.63) is 16.3 Å². The van der Waals surface area contributed by atoms with E-state index in [2.05, 4.69) is 10.1 Å². The van der Waals surface area contributed by atoms with Gasteiger partial charge in [0, 0.05) is 6.42 Å². The first-order valence-corrected chi connectivity index (χ1v) is 6.69. The fraction of sp³-hybridized carbons (Fsp3) is 0.833. The highest BCUT2D eigenvalue weighted by molar-refractivity contribution is 4.85. The third-order valence-corrected chi connectivity index (χ3v) is 3.48. The number of rotatable bonds is 4. The number of aryl methyl sites for hydroxylation is 1. The van der Waals surface area contributed by atoms with Crippen molar-refractivity contribution in [3.63, 3.8) is 0 Å². The molecule has 1 heterocycles. The van der Waals surface area contributed by atoms with Gasteiger partial charge in [0.05, 0.1) is 6.04 Å². The smallest absolute Gasteiger partial charge is 0.330 e. The Hall–Kier alpha value is -1.10. The minimum Gasteiger partial charge on any atom is -0.330 e. The molecule has 1 aromatic heterocycles. The van der Waals surface area contributed by atoms with Crippen LogP contribution in [0.4, 0.5) is 0 Å². The van der Waals surface area contributed by atoms with Crippen LogP contribution < -0.4 is 11.4 Å². The van der Waals surface area contributed by atoms with E-state index >= 15 is 0 Å². The predicted molar refractivity (Wildman–Crippen MR) is 67.0 cm³/mol. The maximum Gasteiger partial charge on any atom is 0.343 e. The highest BCUT2D eigenvalue weighted by Crippen LogP contribution is 2.25. The Morgan fingerprint density at radius 3 is 2.65 bits per heavy atom. The fourth-order valence-electron chi connectivity index (χ4n) is 2.51. The summed E-state index contributed by atoms with van der Waals surface area (Å²) in [5.74, 6) is 0.782. The summed E-state index contributed by atoms with van der Waals surface area (Å²) in [6.45, 7) is 0.637. The lowest BCUT2D eigenvalue weighted by atomic mass is 10.1. The average molecular weight is 238 g/mol. The Balaban J connectivity index is 2.08. The van der Waals surface area contributed by atoms with Gasteiger partial charge in [-0.15, -0.1) is 0 Å². The maximum atomic E-state index is 11.8. The number of hydrogen-bond donors (Lipinski definition) is 2. The summed E-state index contributed by atoms with van der Waals surface area (Å²) in [5.41, 5.74) is 5.41. The first-order valence-electron chi connectivity index (χ1n) is 6.69. The van der Waals surface area contributed by atoms with Crippen molar-refractivity contribution in [2.75, 3.05) is 6.54 Å². The molecule has 0 bridgehead atoms. The SMILES string of the molecule is NCCCc1nn(C2CCCCCC2)c(=O)[nH]1. The van der Waals surface area contributed by atoms with E-state index in [-0.39, 0.29) is 5.69 Å². The summed E-state index contributed by atoms with van der Waals surface area (Å²) in [5, 5.41) is 4.41. The fourth-order valence-corrected chi connectivity index (χ4v) is 2.51. The van der Waals surface area contributed by atoms with Gasteiger partial charge in [-0.2, -0.15) is 5.10 Å². The van der Waals surface area contributed by atoms with E-state index in [0.717, 1.165) is 31.5 Å². The molecule has 3 N–H and O–H groups in total. The summed E-state index contributed by atoms with van der Waals surface area (Å²) in [6.07, 6.45) is 8.81. The van der Waals surface area contributed by atoms with E-state index < -0.39 is 0 Å². The van der Waals surface area contributed by atoms with Gasteiger partial charge < -0.3 is 5.73 Å². The predicted octanol–water partition coefficient (Wildman–Crippen LogP) is 1.36. The summed E-state index contributed by atoms with van der Waals surface area (Å²) in [7, 11) is 0. The molecule has 96 valence electrons. The van der Waals surface area contributed by atoms with E-state index in [1.807, 2.05) is 0 Å². The lowest BCUT2D eigenvalue weighted by molar-refractivity contribution is 0.392. The van der Waals surface area contributed by atoms with Gasteiger partial charge in [0.15, 0.2) is 0 Å². The van der Waals surface area contributed by atoms with Crippen molar-refractivity contribution in [1.82, 2.24) is 14.8 Å². The molecule has 0 aliphatic heterocycles. The molecule has 0 spiro atoms. The number of hydrogen-bond acceptors (Lipinski definition) is 3. The van der Waals surface area contributed by atoms with Crippen LogP contribution >= 0.6 is 0 Å². The molecular formula is C12H22N4O. The van der Waals surface area contributed by atoms with Gasteiger partial charge in [0.25, 0.3) is 0 Å². The van der Waals surface area contributed by atoms with E-state index in [4.69, 9.17) is 5.73 Å². The van der Waals surface area contributed by atoms with Crippen LogP contribution in [0.15, 0.2) is 4.79 Å². The van der Waals surface area contributed by atoms with Crippen LogP contribution in [0.25, 0.3) is 0 Å². The monoisotopic (exact) mass is 238 g/mol. The summed E-state index contributed by atoms with van der Waals surface area (Å²) in [4.78, 5) is 14.7. The lowest BCUT2D eigenvalue weighted by Crippen LogP contribution is -2.23. The molecule has 1 fully saturated rings. The molecule has 17 heavy (non-hydrogen) atoms. The molecule has 0 saturated heterocycles. The zero-order valence-electron chi connectivity index (χ0n) is 10.3. The van der Waals surface area contributed by atoms with Gasteiger partial charge >= 0.3 is 5.69 Å². The van der Waals surface area contributed by atoms with Crippen LogP contribution in [-0.4, -0.2) is 21.3 Å². The van der Waals surface area contributed by atoms with Crippen LogP contribution in [0.3, 0.4) is 0 Å². The Labute approximate surface area is 101 Å². The zero-order chi connectivity index (χ0) is 12.1. The molecule has 5 heteroatoms. The van der Waals surface area contributed by atoms with E-state index in [0.29, 0.717) is 12.6 Å². The van der Waals surface area contributed by atoms with Crippen molar-refractivity contribution in [1.29, 1.82) is 0 Å². The van der Waals surface area contributed by atoms with Crippen LogP contribution in [-0.2, 0) is 6.42 Å². The topological polar surface area (TPSA) is 76.7 Å². The molecule has 1 aliphatic rings. The minimum atomic E-state index is -0.0519. The highest BCUT2D eigenvalue weighted by Gasteiger charge is 2.17. The minimum absolute atomic E-state index is 0.0519. The average Bonchev–Trinajstić information content (AvgIpc) is 2.56. The van der Waals surface area contributed by atoms with Crippen molar-refractivity contribution in [2.45, 2.75) is 57.4 Å².